The molecule has 0 saturated heterocycles. The number of hydrogen-bond acceptors (Lipinski definition) is 5. The van der Waals surface area contributed by atoms with Gasteiger partial charge in [0.25, 0.3) is 15.9 Å². The Morgan fingerprint density at radius 2 is 1.51 bits per heavy atom. The minimum atomic E-state index is -3.73. The SMILES string of the molecule is COc1ccc(S(=O)(=O)N2CCCc3cc(NC(=O)c4ccc(Oc5ccccc5)cc4)ccc32)cc1. The third-order valence-corrected chi connectivity index (χ3v) is 7.98. The van der Waals surface area contributed by atoms with E-state index in [0.29, 0.717) is 41.4 Å². The highest BCUT2D eigenvalue weighted by Gasteiger charge is 2.29. The molecule has 0 spiro atoms. The number of nitrogens with zero attached hydrogens (tertiary/aromatic N) is 1. The van der Waals surface area contributed by atoms with E-state index in [1.807, 2.05) is 36.4 Å². The Morgan fingerprint density at radius 3 is 2.22 bits per heavy atom. The number of methoxy groups -OCH3 is 1. The zero-order valence-electron chi connectivity index (χ0n) is 20.3. The van der Waals surface area contributed by atoms with Crippen LogP contribution in [0.3, 0.4) is 0 Å². The summed E-state index contributed by atoms with van der Waals surface area (Å²) in [6.07, 6.45) is 1.40. The van der Waals surface area contributed by atoms with Crippen molar-refractivity contribution in [3.05, 3.63) is 108 Å². The first-order valence-electron chi connectivity index (χ1n) is 11.9. The number of hydrogen-bond donors (Lipinski definition) is 1. The van der Waals surface area contributed by atoms with E-state index in [0.717, 1.165) is 17.7 Å². The summed E-state index contributed by atoms with van der Waals surface area (Å²) < 4.78 is 39.0. The minimum Gasteiger partial charge on any atom is -0.497 e. The maximum absolute atomic E-state index is 13.3. The average Bonchev–Trinajstić information content (AvgIpc) is 2.93. The molecule has 188 valence electrons. The van der Waals surface area contributed by atoms with Gasteiger partial charge in [0.2, 0.25) is 0 Å². The number of anilines is 2. The summed E-state index contributed by atoms with van der Waals surface area (Å²) in [4.78, 5) is 13.1. The Kier molecular flexibility index (Phi) is 6.83. The molecule has 0 fully saturated rings. The number of sulfonamides is 1. The van der Waals surface area contributed by atoms with Gasteiger partial charge in [-0.25, -0.2) is 8.42 Å². The number of rotatable bonds is 7. The van der Waals surface area contributed by atoms with Gasteiger partial charge in [0.15, 0.2) is 0 Å². The second-order valence-electron chi connectivity index (χ2n) is 8.59. The van der Waals surface area contributed by atoms with Gasteiger partial charge in [0, 0.05) is 17.8 Å². The molecule has 0 bridgehead atoms. The van der Waals surface area contributed by atoms with Crippen LogP contribution in [0.5, 0.6) is 17.2 Å². The average molecular weight is 515 g/mol. The van der Waals surface area contributed by atoms with Crippen LogP contribution < -0.4 is 19.1 Å². The van der Waals surface area contributed by atoms with Crippen LogP contribution >= 0.6 is 0 Å². The van der Waals surface area contributed by atoms with Gasteiger partial charge in [-0.3, -0.25) is 9.10 Å². The molecule has 1 aliphatic rings. The van der Waals surface area contributed by atoms with Gasteiger partial charge in [-0.2, -0.15) is 0 Å². The molecule has 8 heteroatoms. The van der Waals surface area contributed by atoms with Crippen LogP contribution in [0.2, 0.25) is 0 Å². The van der Waals surface area contributed by atoms with E-state index in [-0.39, 0.29) is 10.8 Å². The molecule has 0 saturated carbocycles. The molecule has 0 radical (unpaired) electrons. The Labute approximate surface area is 216 Å². The second kappa shape index (κ2) is 10.4. The van der Waals surface area contributed by atoms with Gasteiger partial charge in [0.05, 0.1) is 17.7 Å². The number of para-hydroxylation sites is 1. The van der Waals surface area contributed by atoms with Crippen LogP contribution in [0, 0.1) is 0 Å². The van der Waals surface area contributed by atoms with E-state index in [1.54, 1.807) is 60.7 Å². The van der Waals surface area contributed by atoms with Gasteiger partial charge in [0.1, 0.15) is 17.2 Å². The normalized spacial score (nSPS) is 12.9. The van der Waals surface area contributed by atoms with Crippen LogP contribution in [0.4, 0.5) is 11.4 Å². The Morgan fingerprint density at radius 1 is 0.838 bits per heavy atom. The number of fused-ring (bicyclic) bond motifs is 1. The van der Waals surface area contributed by atoms with Crippen molar-refractivity contribution in [1.82, 2.24) is 0 Å². The lowest BCUT2D eigenvalue weighted by atomic mass is 10.0. The number of carbonyl (C=O) groups excluding carboxylic acids is 1. The molecule has 1 amide bonds. The topological polar surface area (TPSA) is 84.9 Å². The summed E-state index contributed by atoms with van der Waals surface area (Å²) in [6, 6.07) is 28.0. The molecule has 1 N–H and O–H groups in total. The van der Waals surface area contributed by atoms with Gasteiger partial charge < -0.3 is 14.8 Å². The summed E-state index contributed by atoms with van der Waals surface area (Å²) in [6.45, 7) is 0.393. The fourth-order valence-electron chi connectivity index (χ4n) is 4.27. The Hall–Kier alpha value is -4.30. The molecule has 4 aromatic rings. The first-order chi connectivity index (χ1) is 17.9. The zero-order valence-corrected chi connectivity index (χ0v) is 21.1. The van der Waals surface area contributed by atoms with Crippen LogP contribution in [0.1, 0.15) is 22.3 Å². The Balaban J connectivity index is 1.30. The maximum Gasteiger partial charge on any atom is 0.264 e. The second-order valence-corrected chi connectivity index (χ2v) is 10.5. The number of nitrogens with one attached hydrogen (secondary N) is 1. The van der Waals surface area contributed by atoms with Gasteiger partial charge in [-0.1, -0.05) is 18.2 Å². The fourth-order valence-corrected chi connectivity index (χ4v) is 5.81. The van der Waals surface area contributed by atoms with E-state index in [4.69, 9.17) is 9.47 Å². The summed E-state index contributed by atoms with van der Waals surface area (Å²) in [7, 11) is -2.19. The van der Waals surface area contributed by atoms with Crippen LogP contribution in [-0.4, -0.2) is 28.0 Å². The lowest BCUT2D eigenvalue weighted by molar-refractivity contribution is 0.102. The van der Waals surface area contributed by atoms with E-state index in [9.17, 15) is 13.2 Å². The van der Waals surface area contributed by atoms with Crippen molar-refractivity contribution < 1.29 is 22.7 Å². The van der Waals surface area contributed by atoms with Crippen LogP contribution in [0.25, 0.3) is 0 Å². The molecular formula is C29H26N2O5S. The van der Waals surface area contributed by atoms with Crippen LogP contribution in [-0.2, 0) is 16.4 Å². The molecule has 0 aromatic heterocycles. The largest absolute Gasteiger partial charge is 0.497 e. The number of carbonyl (C=O) groups is 1. The highest BCUT2D eigenvalue weighted by molar-refractivity contribution is 7.92. The monoisotopic (exact) mass is 514 g/mol. The fraction of sp³-hybridized carbons (Fsp3) is 0.138. The van der Waals surface area contributed by atoms with Crippen LogP contribution in [0.15, 0.2) is 102 Å². The van der Waals surface area contributed by atoms with Gasteiger partial charge in [-0.15, -0.1) is 0 Å². The van der Waals surface area contributed by atoms with Crippen molar-refractivity contribution in [2.24, 2.45) is 0 Å². The molecule has 37 heavy (non-hydrogen) atoms. The predicted octanol–water partition coefficient (Wildman–Crippen LogP) is 5.88. The molecule has 0 unspecified atom stereocenters. The lowest BCUT2D eigenvalue weighted by Gasteiger charge is -2.31. The summed E-state index contributed by atoms with van der Waals surface area (Å²) in [5.41, 5.74) is 2.59. The van der Waals surface area contributed by atoms with Crippen molar-refractivity contribution in [2.45, 2.75) is 17.7 Å². The molecule has 7 nitrogen and oxygen atoms in total. The van der Waals surface area contributed by atoms with Gasteiger partial charge in [-0.05, 0) is 97.3 Å². The molecule has 0 aliphatic carbocycles. The number of amides is 1. The number of benzene rings is 4. The summed E-state index contributed by atoms with van der Waals surface area (Å²) in [5, 5.41) is 2.91. The summed E-state index contributed by atoms with van der Waals surface area (Å²) >= 11 is 0. The standard InChI is InChI=1S/C29H26N2O5S/c1-35-24-14-16-27(17-15-24)37(33,34)31-19-5-6-22-20-23(11-18-28(22)31)30-29(32)21-9-12-26(13-10-21)36-25-7-3-2-4-8-25/h2-4,7-18,20H,5-6,19H2,1H3,(H,30,32). The predicted molar refractivity (Wildman–Crippen MR) is 143 cm³/mol. The first kappa shape index (κ1) is 24.4. The smallest absolute Gasteiger partial charge is 0.264 e. The van der Waals surface area contributed by atoms with E-state index >= 15 is 0 Å². The van der Waals surface area contributed by atoms with E-state index in [1.165, 1.54) is 11.4 Å². The van der Waals surface area contributed by atoms with Crippen molar-refractivity contribution in [3.8, 4) is 17.2 Å². The zero-order chi connectivity index (χ0) is 25.8. The van der Waals surface area contributed by atoms with Crippen molar-refractivity contribution in [2.75, 3.05) is 23.3 Å². The molecule has 5 rings (SSSR count). The third-order valence-electron chi connectivity index (χ3n) is 6.16. The highest BCUT2D eigenvalue weighted by Crippen LogP contribution is 2.34. The minimum absolute atomic E-state index is 0.207. The van der Waals surface area contributed by atoms with Crippen molar-refractivity contribution in [3.63, 3.8) is 0 Å². The quantitative estimate of drug-likeness (QED) is 0.333. The molecule has 0 atom stereocenters. The molecule has 1 aliphatic heterocycles. The maximum atomic E-state index is 13.3. The lowest BCUT2D eigenvalue weighted by Crippen LogP contribution is -2.35. The molecular weight excluding hydrogens is 488 g/mol. The first-order valence-corrected chi connectivity index (χ1v) is 13.3. The van der Waals surface area contributed by atoms with Gasteiger partial charge >= 0.3 is 0 Å². The number of ether oxygens (including phenoxy) is 2. The third kappa shape index (κ3) is 5.29. The van der Waals surface area contributed by atoms with Crippen molar-refractivity contribution in [1.29, 1.82) is 0 Å². The molecule has 4 aromatic carbocycles. The Bertz CT molecular complexity index is 1500. The summed E-state index contributed by atoms with van der Waals surface area (Å²) in [5.74, 6) is 1.69. The van der Waals surface area contributed by atoms with E-state index < -0.39 is 10.0 Å². The molecule has 1 heterocycles. The van der Waals surface area contributed by atoms with Crippen molar-refractivity contribution >= 4 is 27.3 Å². The highest BCUT2D eigenvalue weighted by atomic mass is 32.2. The van der Waals surface area contributed by atoms with E-state index in [2.05, 4.69) is 5.32 Å². The number of aryl methyl sites for hydroxylation is 1.